The van der Waals surface area contributed by atoms with Crippen molar-refractivity contribution in [2.75, 3.05) is 13.1 Å². The Morgan fingerprint density at radius 3 is 2.40 bits per heavy atom. The fourth-order valence-corrected chi connectivity index (χ4v) is 4.66. The van der Waals surface area contributed by atoms with Crippen LogP contribution in [-0.4, -0.2) is 35.0 Å². The Labute approximate surface area is 150 Å². The lowest BCUT2D eigenvalue weighted by Crippen LogP contribution is -2.46. The number of piperidine rings is 1. The van der Waals surface area contributed by atoms with E-state index in [1.54, 1.807) is 12.1 Å². The van der Waals surface area contributed by atoms with Gasteiger partial charge in [-0.1, -0.05) is 38.0 Å². The standard InChI is InChI=1S/C21H29NO3/c1-2-21(11-5-6-12-21)20(25)22-13-9-16(10-14-22)15-17-7-3-4-8-18(17)19(23)24/h3-4,7-8,16H,2,5-6,9-15H2,1H3,(H,23,24). The summed E-state index contributed by atoms with van der Waals surface area (Å²) in [6.45, 7) is 3.79. The molecule has 0 atom stereocenters. The van der Waals surface area contributed by atoms with Crippen LogP contribution in [-0.2, 0) is 11.2 Å². The summed E-state index contributed by atoms with van der Waals surface area (Å²) in [7, 11) is 0. The lowest BCUT2D eigenvalue weighted by molar-refractivity contribution is -0.143. The number of amides is 1. The van der Waals surface area contributed by atoms with E-state index < -0.39 is 5.97 Å². The van der Waals surface area contributed by atoms with Gasteiger partial charge in [-0.3, -0.25) is 4.79 Å². The molecule has 2 aliphatic rings. The van der Waals surface area contributed by atoms with Gasteiger partial charge in [0.15, 0.2) is 0 Å². The van der Waals surface area contributed by atoms with Crippen molar-refractivity contribution in [2.24, 2.45) is 11.3 Å². The molecule has 136 valence electrons. The first-order valence-electron chi connectivity index (χ1n) is 9.66. The van der Waals surface area contributed by atoms with Crippen molar-refractivity contribution >= 4 is 11.9 Å². The SMILES string of the molecule is CCC1(C(=O)N2CCC(Cc3ccccc3C(=O)O)CC2)CCCC1. The highest BCUT2D eigenvalue weighted by molar-refractivity contribution is 5.89. The van der Waals surface area contributed by atoms with Crippen LogP contribution in [0.15, 0.2) is 24.3 Å². The molecule has 1 aromatic carbocycles. The zero-order chi connectivity index (χ0) is 17.9. The number of hydrogen-bond acceptors (Lipinski definition) is 2. The lowest BCUT2D eigenvalue weighted by atomic mass is 9.80. The quantitative estimate of drug-likeness (QED) is 0.874. The second kappa shape index (κ2) is 7.59. The first-order chi connectivity index (χ1) is 12.1. The summed E-state index contributed by atoms with van der Waals surface area (Å²) >= 11 is 0. The lowest BCUT2D eigenvalue weighted by Gasteiger charge is -2.38. The third kappa shape index (κ3) is 3.73. The predicted molar refractivity (Wildman–Crippen MR) is 97.6 cm³/mol. The van der Waals surface area contributed by atoms with E-state index in [-0.39, 0.29) is 5.41 Å². The average molecular weight is 343 g/mol. The zero-order valence-corrected chi connectivity index (χ0v) is 15.2. The van der Waals surface area contributed by atoms with Gasteiger partial charge in [0.2, 0.25) is 5.91 Å². The second-order valence-corrected chi connectivity index (χ2v) is 7.74. The first kappa shape index (κ1) is 18.0. The molecule has 3 rings (SSSR count). The number of carbonyl (C=O) groups excluding carboxylic acids is 1. The summed E-state index contributed by atoms with van der Waals surface area (Å²) in [4.78, 5) is 26.5. The minimum Gasteiger partial charge on any atom is -0.478 e. The number of carbonyl (C=O) groups is 2. The molecule has 0 radical (unpaired) electrons. The molecule has 0 unspecified atom stereocenters. The highest BCUT2D eigenvalue weighted by Crippen LogP contribution is 2.43. The van der Waals surface area contributed by atoms with Crippen LogP contribution in [0.4, 0.5) is 0 Å². The fourth-order valence-electron chi connectivity index (χ4n) is 4.66. The van der Waals surface area contributed by atoms with Crippen molar-refractivity contribution in [3.8, 4) is 0 Å². The average Bonchev–Trinajstić information content (AvgIpc) is 3.12. The largest absolute Gasteiger partial charge is 0.478 e. The molecular weight excluding hydrogens is 314 g/mol. The Morgan fingerprint density at radius 1 is 1.16 bits per heavy atom. The van der Waals surface area contributed by atoms with Crippen LogP contribution in [0.5, 0.6) is 0 Å². The van der Waals surface area contributed by atoms with Crippen LogP contribution >= 0.6 is 0 Å². The number of benzene rings is 1. The van der Waals surface area contributed by atoms with E-state index in [1.807, 2.05) is 12.1 Å². The minimum atomic E-state index is -0.852. The fraction of sp³-hybridized carbons (Fsp3) is 0.619. The van der Waals surface area contributed by atoms with Gasteiger partial charge in [-0.15, -0.1) is 0 Å². The van der Waals surface area contributed by atoms with Gasteiger partial charge in [0.25, 0.3) is 0 Å². The molecule has 1 heterocycles. The monoisotopic (exact) mass is 343 g/mol. The molecule has 0 bridgehead atoms. The van der Waals surface area contributed by atoms with Crippen LogP contribution in [0.25, 0.3) is 0 Å². The van der Waals surface area contributed by atoms with E-state index in [0.29, 0.717) is 17.4 Å². The molecule has 1 saturated heterocycles. The molecule has 1 aromatic rings. The van der Waals surface area contributed by atoms with Crippen LogP contribution < -0.4 is 0 Å². The Kier molecular flexibility index (Phi) is 5.45. The Bertz CT molecular complexity index is 626. The van der Waals surface area contributed by atoms with E-state index in [0.717, 1.165) is 57.2 Å². The summed E-state index contributed by atoms with van der Waals surface area (Å²) in [5.74, 6) is -0.0167. The van der Waals surface area contributed by atoms with Crippen molar-refractivity contribution in [2.45, 2.75) is 58.3 Å². The van der Waals surface area contributed by atoms with Crippen molar-refractivity contribution in [3.63, 3.8) is 0 Å². The number of carboxylic acid groups (broad SMARTS) is 1. The first-order valence-corrected chi connectivity index (χ1v) is 9.66. The topological polar surface area (TPSA) is 57.6 Å². The molecule has 4 nitrogen and oxygen atoms in total. The van der Waals surface area contributed by atoms with Crippen molar-refractivity contribution < 1.29 is 14.7 Å². The molecule has 1 saturated carbocycles. The molecular formula is C21H29NO3. The third-order valence-corrected chi connectivity index (χ3v) is 6.35. The smallest absolute Gasteiger partial charge is 0.335 e. The van der Waals surface area contributed by atoms with Crippen molar-refractivity contribution in [1.29, 1.82) is 0 Å². The molecule has 0 spiro atoms. The maximum atomic E-state index is 13.0. The molecule has 25 heavy (non-hydrogen) atoms. The van der Waals surface area contributed by atoms with Crippen molar-refractivity contribution in [3.05, 3.63) is 35.4 Å². The Balaban J connectivity index is 1.59. The Morgan fingerprint density at radius 2 is 1.80 bits per heavy atom. The van der Waals surface area contributed by atoms with E-state index in [4.69, 9.17) is 0 Å². The number of likely N-dealkylation sites (tertiary alicyclic amines) is 1. The molecule has 0 aromatic heterocycles. The van der Waals surface area contributed by atoms with E-state index in [9.17, 15) is 14.7 Å². The number of hydrogen-bond donors (Lipinski definition) is 1. The summed E-state index contributed by atoms with van der Waals surface area (Å²) in [6.07, 6.45) is 8.16. The number of nitrogens with zero attached hydrogens (tertiary/aromatic N) is 1. The normalized spacial score (nSPS) is 20.6. The summed E-state index contributed by atoms with van der Waals surface area (Å²) < 4.78 is 0. The summed E-state index contributed by atoms with van der Waals surface area (Å²) in [5, 5.41) is 9.33. The van der Waals surface area contributed by atoms with Crippen LogP contribution in [0.3, 0.4) is 0 Å². The van der Waals surface area contributed by atoms with Crippen LogP contribution in [0.2, 0.25) is 0 Å². The second-order valence-electron chi connectivity index (χ2n) is 7.74. The number of carboxylic acids is 1. The molecule has 1 amide bonds. The zero-order valence-electron chi connectivity index (χ0n) is 15.2. The van der Waals surface area contributed by atoms with E-state index in [1.165, 1.54) is 12.8 Å². The van der Waals surface area contributed by atoms with Gasteiger partial charge in [0.1, 0.15) is 0 Å². The maximum absolute atomic E-state index is 13.0. The molecule has 2 fully saturated rings. The highest BCUT2D eigenvalue weighted by Gasteiger charge is 2.42. The van der Waals surface area contributed by atoms with Crippen LogP contribution in [0.1, 0.15) is 67.8 Å². The van der Waals surface area contributed by atoms with Gasteiger partial charge < -0.3 is 10.0 Å². The number of rotatable bonds is 5. The molecule has 1 aliphatic carbocycles. The third-order valence-electron chi connectivity index (χ3n) is 6.35. The van der Waals surface area contributed by atoms with Gasteiger partial charge >= 0.3 is 5.97 Å². The van der Waals surface area contributed by atoms with E-state index in [2.05, 4.69) is 11.8 Å². The van der Waals surface area contributed by atoms with Gasteiger partial charge in [-0.2, -0.15) is 0 Å². The maximum Gasteiger partial charge on any atom is 0.335 e. The molecule has 1 N–H and O–H groups in total. The van der Waals surface area contributed by atoms with Gasteiger partial charge in [0.05, 0.1) is 5.56 Å². The predicted octanol–water partition coefficient (Wildman–Crippen LogP) is 4.14. The summed E-state index contributed by atoms with van der Waals surface area (Å²) in [6, 6.07) is 7.29. The Hall–Kier alpha value is -1.84. The molecule has 4 heteroatoms. The summed E-state index contributed by atoms with van der Waals surface area (Å²) in [5.41, 5.74) is 1.24. The molecule has 1 aliphatic heterocycles. The highest BCUT2D eigenvalue weighted by atomic mass is 16.4. The van der Waals surface area contributed by atoms with E-state index >= 15 is 0 Å². The van der Waals surface area contributed by atoms with Crippen molar-refractivity contribution in [1.82, 2.24) is 4.90 Å². The number of aromatic carboxylic acids is 1. The minimum absolute atomic E-state index is 0.0945. The van der Waals surface area contributed by atoms with Crippen LogP contribution in [0, 0.1) is 11.3 Å². The van der Waals surface area contributed by atoms with Gasteiger partial charge in [-0.05, 0) is 56.1 Å². The van der Waals surface area contributed by atoms with Gasteiger partial charge in [-0.25, -0.2) is 4.79 Å². The van der Waals surface area contributed by atoms with Gasteiger partial charge in [0, 0.05) is 18.5 Å².